The molecule has 2 rings (SSSR count). The molecule has 1 amide bonds. The van der Waals surface area contributed by atoms with Gasteiger partial charge in [-0.2, -0.15) is 0 Å². The van der Waals surface area contributed by atoms with Gasteiger partial charge in [-0.15, -0.1) is 0 Å². The van der Waals surface area contributed by atoms with Gasteiger partial charge in [0.1, 0.15) is 0 Å². The molecule has 1 fully saturated rings. The van der Waals surface area contributed by atoms with Gasteiger partial charge in [0.2, 0.25) is 5.91 Å². The average Bonchev–Trinajstić information content (AvgIpc) is 2.40. The lowest BCUT2D eigenvalue weighted by Crippen LogP contribution is -2.56. The second-order valence-electron chi connectivity index (χ2n) is 6.11. The van der Waals surface area contributed by atoms with Gasteiger partial charge >= 0.3 is 0 Å². The maximum atomic E-state index is 12.6. The number of hydrogen-bond acceptors (Lipinski definition) is 2. The number of hydrogen-bond donors (Lipinski definition) is 1. The van der Waals surface area contributed by atoms with Crippen molar-refractivity contribution in [2.24, 2.45) is 11.7 Å². The molecule has 0 saturated heterocycles. The zero-order chi connectivity index (χ0) is 14.8. The highest BCUT2D eigenvalue weighted by molar-refractivity contribution is 6.31. The van der Waals surface area contributed by atoms with E-state index in [-0.39, 0.29) is 5.91 Å². The molecule has 1 aromatic carbocycles. The summed E-state index contributed by atoms with van der Waals surface area (Å²) in [6.07, 6.45) is 3.76. The van der Waals surface area contributed by atoms with E-state index in [1.807, 2.05) is 24.3 Å². The zero-order valence-corrected chi connectivity index (χ0v) is 13.0. The van der Waals surface area contributed by atoms with Gasteiger partial charge < -0.3 is 10.6 Å². The van der Waals surface area contributed by atoms with Gasteiger partial charge in [-0.1, -0.05) is 49.6 Å². The number of halogens is 1. The summed E-state index contributed by atoms with van der Waals surface area (Å²) in [5.41, 5.74) is 6.62. The van der Waals surface area contributed by atoms with E-state index in [1.165, 1.54) is 6.42 Å². The van der Waals surface area contributed by atoms with E-state index in [0.717, 1.165) is 24.8 Å². The number of benzene rings is 1. The fourth-order valence-electron chi connectivity index (χ4n) is 3.12. The number of nitrogens with zero attached hydrogens (tertiary/aromatic N) is 1. The molecule has 0 heterocycles. The van der Waals surface area contributed by atoms with Gasteiger partial charge in [-0.25, -0.2) is 0 Å². The Hall–Kier alpha value is -1.06. The Morgan fingerprint density at radius 1 is 1.50 bits per heavy atom. The van der Waals surface area contributed by atoms with Crippen molar-refractivity contribution in [1.82, 2.24) is 4.90 Å². The SMILES string of the molecule is CC1CCCC(N)(C(=O)N(C)Cc2ccccc2Cl)C1. The van der Waals surface area contributed by atoms with Crippen LogP contribution in [0.2, 0.25) is 5.02 Å². The number of likely N-dealkylation sites (N-methyl/N-ethyl adjacent to an activating group) is 1. The van der Waals surface area contributed by atoms with Crippen LogP contribution >= 0.6 is 11.6 Å². The van der Waals surface area contributed by atoms with Crippen molar-refractivity contribution < 1.29 is 4.79 Å². The van der Waals surface area contributed by atoms with Crippen molar-refractivity contribution in [3.63, 3.8) is 0 Å². The highest BCUT2D eigenvalue weighted by Crippen LogP contribution is 2.32. The second-order valence-corrected chi connectivity index (χ2v) is 6.52. The molecule has 0 aliphatic heterocycles. The molecule has 2 N–H and O–H groups in total. The van der Waals surface area contributed by atoms with E-state index >= 15 is 0 Å². The van der Waals surface area contributed by atoms with Gasteiger partial charge in [-0.3, -0.25) is 4.79 Å². The molecule has 110 valence electrons. The van der Waals surface area contributed by atoms with Crippen molar-refractivity contribution >= 4 is 17.5 Å². The van der Waals surface area contributed by atoms with Gasteiger partial charge in [0.15, 0.2) is 0 Å². The lowest BCUT2D eigenvalue weighted by atomic mass is 9.76. The van der Waals surface area contributed by atoms with E-state index in [9.17, 15) is 4.79 Å². The smallest absolute Gasteiger partial charge is 0.242 e. The van der Waals surface area contributed by atoms with Crippen LogP contribution in [0.4, 0.5) is 0 Å². The van der Waals surface area contributed by atoms with E-state index in [1.54, 1.807) is 11.9 Å². The summed E-state index contributed by atoms with van der Waals surface area (Å²) >= 11 is 6.15. The van der Waals surface area contributed by atoms with Gasteiger partial charge in [0.05, 0.1) is 5.54 Å². The van der Waals surface area contributed by atoms with E-state index in [0.29, 0.717) is 17.5 Å². The lowest BCUT2D eigenvalue weighted by Gasteiger charge is -2.38. The Labute approximate surface area is 126 Å². The number of nitrogens with two attached hydrogens (primary N) is 1. The molecular formula is C16H23ClN2O. The molecule has 4 heteroatoms. The van der Waals surface area contributed by atoms with Gasteiger partial charge in [-0.05, 0) is 30.4 Å². The maximum Gasteiger partial charge on any atom is 0.242 e. The van der Waals surface area contributed by atoms with Gasteiger partial charge in [0, 0.05) is 18.6 Å². The predicted octanol–water partition coefficient (Wildman–Crippen LogP) is 3.21. The summed E-state index contributed by atoms with van der Waals surface area (Å²) in [6.45, 7) is 2.67. The highest BCUT2D eigenvalue weighted by Gasteiger charge is 2.39. The minimum Gasteiger partial charge on any atom is -0.340 e. The summed E-state index contributed by atoms with van der Waals surface area (Å²) in [6, 6.07) is 7.61. The maximum absolute atomic E-state index is 12.6. The van der Waals surface area contributed by atoms with Crippen LogP contribution in [-0.2, 0) is 11.3 Å². The molecule has 20 heavy (non-hydrogen) atoms. The molecule has 1 aliphatic carbocycles. The van der Waals surface area contributed by atoms with Crippen molar-refractivity contribution in [2.45, 2.75) is 44.7 Å². The highest BCUT2D eigenvalue weighted by atomic mass is 35.5. The number of amides is 1. The topological polar surface area (TPSA) is 46.3 Å². The van der Waals surface area contributed by atoms with Crippen molar-refractivity contribution in [3.8, 4) is 0 Å². The number of carbonyl (C=O) groups is 1. The summed E-state index contributed by atoms with van der Waals surface area (Å²) in [5, 5.41) is 0.690. The standard InChI is InChI=1S/C16H23ClN2O/c1-12-6-5-9-16(18,10-12)15(20)19(2)11-13-7-3-4-8-14(13)17/h3-4,7-8,12H,5-6,9-11,18H2,1-2H3. The van der Waals surface area contributed by atoms with Crippen molar-refractivity contribution in [3.05, 3.63) is 34.9 Å². The third-order valence-corrected chi connectivity index (χ3v) is 4.54. The number of rotatable bonds is 3. The normalized spacial score (nSPS) is 26.3. The molecule has 0 radical (unpaired) electrons. The molecule has 1 aromatic rings. The average molecular weight is 295 g/mol. The van der Waals surface area contributed by atoms with Crippen LogP contribution < -0.4 is 5.73 Å². The molecule has 0 spiro atoms. The van der Waals surface area contributed by atoms with Crippen LogP contribution in [0.25, 0.3) is 0 Å². The predicted molar refractivity (Wildman–Crippen MR) is 82.5 cm³/mol. The quantitative estimate of drug-likeness (QED) is 0.930. The molecular weight excluding hydrogens is 272 g/mol. The summed E-state index contributed by atoms with van der Waals surface area (Å²) in [7, 11) is 1.81. The second kappa shape index (κ2) is 6.15. The summed E-state index contributed by atoms with van der Waals surface area (Å²) in [5.74, 6) is 0.551. The molecule has 1 aliphatic rings. The lowest BCUT2D eigenvalue weighted by molar-refractivity contribution is -0.138. The van der Waals surface area contributed by atoms with Gasteiger partial charge in [0.25, 0.3) is 0 Å². The first-order valence-electron chi connectivity index (χ1n) is 7.20. The van der Waals surface area contributed by atoms with E-state index in [4.69, 9.17) is 17.3 Å². The Morgan fingerprint density at radius 2 is 2.20 bits per heavy atom. The van der Waals surface area contributed by atoms with Crippen LogP contribution in [0.1, 0.15) is 38.2 Å². The fraction of sp³-hybridized carbons (Fsp3) is 0.562. The van der Waals surface area contributed by atoms with Crippen LogP contribution in [-0.4, -0.2) is 23.4 Å². The van der Waals surface area contributed by atoms with Crippen LogP contribution in [0, 0.1) is 5.92 Å². The summed E-state index contributed by atoms with van der Waals surface area (Å²) < 4.78 is 0. The van der Waals surface area contributed by atoms with Crippen LogP contribution in [0.15, 0.2) is 24.3 Å². The minimum atomic E-state index is -0.701. The molecule has 0 aromatic heterocycles. The third kappa shape index (κ3) is 3.33. The Balaban J connectivity index is 2.07. The Bertz CT molecular complexity index is 491. The largest absolute Gasteiger partial charge is 0.340 e. The first kappa shape index (κ1) is 15.3. The third-order valence-electron chi connectivity index (χ3n) is 4.17. The molecule has 1 saturated carbocycles. The van der Waals surface area contributed by atoms with Crippen molar-refractivity contribution in [2.75, 3.05) is 7.05 Å². The monoisotopic (exact) mass is 294 g/mol. The number of carbonyl (C=O) groups excluding carboxylic acids is 1. The fourth-order valence-corrected chi connectivity index (χ4v) is 3.32. The Kier molecular flexibility index (Phi) is 4.71. The summed E-state index contributed by atoms with van der Waals surface area (Å²) in [4.78, 5) is 14.3. The first-order chi connectivity index (χ1) is 9.42. The zero-order valence-electron chi connectivity index (χ0n) is 12.2. The molecule has 2 atom stereocenters. The Morgan fingerprint density at radius 3 is 2.85 bits per heavy atom. The van der Waals surface area contributed by atoms with E-state index in [2.05, 4.69) is 6.92 Å². The molecule has 3 nitrogen and oxygen atoms in total. The van der Waals surface area contributed by atoms with Crippen LogP contribution in [0.5, 0.6) is 0 Å². The van der Waals surface area contributed by atoms with Crippen molar-refractivity contribution in [1.29, 1.82) is 0 Å². The van der Waals surface area contributed by atoms with E-state index < -0.39 is 5.54 Å². The van der Waals surface area contributed by atoms with Crippen LogP contribution in [0.3, 0.4) is 0 Å². The minimum absolute atomic E-state index is 0.0315. The first-order valence-corrected chi connectivity index (χ1v) is 7.58. The molecule has 2 unspecified atom stereocenters. The molecule has 0 bridgehead atoms.